The van der Waals surface area contributed by atoms with Crippen LogP contribution in [0.25, 0.3) is 11.2 Å². The number of carbonyl (C=O) groups is 2. The Morgan fingerprint density at radius 3 is 2.73 bits per heavy atom. The minimum Gasteiger partial charge on any atom is -0.462 e. The Morgan fingerprint density at radius 1 is 1.30 bits per heavy atom. The quantitative estimate of drug-likeness (QED) is 0.567. The number of nitrogens with zero attached hydrogens (tertiary/aromatic N) is 4. The molecule has 0 radical (unpaired) electrons. The standard InChI is InChI=1S/C22H27N5O5S/c1-6-32-21(30)15-13-8-7-11(2)9-14(13)33-19(15)24-18(28)12(3)27-10-23-17-16(27)20(29)26(5)22(31)25(17)4/h10-12H,6-9H2,1-5H3,(H,24,28). The average molecular weight is 474 g/mol. The van der Waals surface area contributed by atoms with E-state index in [0.29, 0.717) is 16.5 Å². The molecule has 0 aliphatic heterocycles. The van der Waals surface area contributed by atoms with Crippen molar-refractivity contribution >= 4 is 39.4 Å². The number of aryl methyl sites for hydroxylation is 1. The zero-order chi connectivity index (χ0) is 24.0. The Bertz CT molecular complexity index is 1380. The highest BCUT2D eigenvalue weighted by molar-refractivity contribution is 7.17. The summed E-state index contributed by atoms with van der Waals surface area (Å²) in [4.78, 5) is 56.2. The molecule has 1 aliphatic carbocycles. The largest absolute Gasteiger partial charge is 0.462 e. The van der Waals surface area contributed by atoms with E-state index in [4.69, 9.17) is 4.74 Å². The maximum Gasteiger partial charge on any atom is 0.341 e. The number of thiophene rings is 1. The average Bonchev–Trinajstić information content (AvgIpc) is 3.37. The van der Waals surface area contributed by atoms with Gasteiger partial charge in [-0.2, -0.15) is 0 Å². The molecular formula is C22H27N5O5S. The summed E-state index contributed by atoms with van der Waals surface area (Å²) in [7, 11) is 2.91. The third-order valence-corrected chi connectivity index (χ3v) is 7.37. The Kier molecular flexibility index (Phi) is 6.00. The maximum absolute atomic E-state index is 13.2. The normalized spacial score (nSPS) is 16.5. The number of rotatable bonds is 5. The molecule has 3 aromatic rings. The van der Waals surface area contributed by atoms with Gasteiger partial charge in [0.15, 0.2) is 11.2 Å². The fourth-order valence-electron chi connectivity index (χ4n) is 4.26. The van der Waals surface area contributed by atoms with Gasteiger partial charge in [0, 0.05) is 19.0 Å². The minimum absolute atomic E-state index is 0.159. The Hall–Kier alpha value is -3.21. The van der Waals surface area contributed by atoms with Crippen LogP contribution in [0.4, 0.5) is 5.00 Å². The monoisotopic (exact) mass is 473 g/mol. The summed E-state index contributed by atoms with van der Waals surface area (Å²) in [6.45, 7) is 5.80. The summed E-state index contributed by atoms with van der Waals surface area (Å²) in [5.74, 6) is -0.333. The van der Waals surface area contributed by atoms with E-state index in [9.17, 15) is 19.2 Å². The maximum atomic E-state index is 13.2. The molecule has 1 amide bonds. The van der Waals surface area contributed by atoms with Crippen molar-refractivity contribution < 1.29 is 14.3 Å². The molecule has 0 spiro atoms. The molecule has 0 bridgehead atoms. The van der Waals surface area contributed by atoms with Crippen LogP contribution in [0, 0.1) is 5.92 Å². The van der Waals surface area contributed by atoms with E-state index < -0.39 is 29.2 Å². The fraction of sp³-hybridized carbons (Fsp3) is 0.500. The van der Waals surface area contributed by atoms with Gasteiger partial charge in [-0.1, -0.05) is 6.92 Å². The summed E-state index contributed by atoms with van der Waals surface area (Å²) in [6, 6.07) is -0.812. The van der Waals surface area contributed by atoms with E-state index in [1.54, 1.807) is 13.8 Å². The smallest absolute Gasteiger partial charge is 0.341 e. The van der Waals surface area contributed by atoms with Crippen molar-refractivity contribution in [3.63, 3.8) is 0 Å². The van der Waals surface area contributed by atoms with Gasteiger partial charge >= 0.3 is 11.7 Å². The second-order valence-electron chi connectivity index (χ2n) is 8.47. The van der Waals surface area contributed by atoms with Gasteiger partial charge in [0.25, 0.3) is 5.56 Å². The molecule has 11 heteroatoms. The molecule has 4 rings (SSSR count). The lowest BCUT2D eigenvalue weighted by molar-refractivity contribution is -0.118. The summed E-state index contributed by atoms with van der Waals surface area (Å²) in [5.41, 5.74) is 0.725. The molecule has 3 aromatic heterocycles. The van der Waals surface area contributed by atoms with Gasteiger partial charge in [-0.15, -0.1) is 11.3 Å². The van der Waals surface area contributed by atoms with Crippen molar-refractivity contribution in [2.45, 2.75) is 46.1 Å². The van der Waals surface area contributed by atoms with Crippen LogP contribution < -0.4 is 16.6 Å². The fourth-order valence-corrected chi connectivity index (χ4v) is 5.66. The van der Waals surface area contributed by atoms with Gasteiger partial charge in [-0.3, -0.25) is 18.7 Å². The van der Waals surface area contributed by atoms with E-state index in [-0.39, 0.29) is 17.8 Å². The lowest BCUT2D eigenvalue weighted by Gasteiger charge is -2.18. The highest BCUT2D eigenvalue weighted by atomic mass is 32.1. The SMILES string of the molecule is CCOC(=O)c1c(NC(=O)C(C)n2cnc3c2c(=O)n(C)c(=O)n3C)sc2c1CCC(C)C2. The van der Waals surface area contributed by atoms with Crippen LogP contribution in [0.15, 0.2) is 15.9 Å². The predicted molar refractivity (Wildman–Crippen MR) is 125 cm³/mol. The molecule has 1 aliphatic rings. The number of ether oxygens (including phenoxy) is 1. The van der Waals surface area contributed by atoms with Crippen molar-refractivity contribution in [3.05, 3.63) is 43.2 Å². The summed E-state index contributed by atoms with van der Waals surface area (Å²) in [6.07, 6.45) is 3.98. The second kappa shape index (κ2) is 8.62. The molecular weight excluding hydrogens is 446 g/mol. The summed E-state index contributed by atoms with van der Waals surface area (Å²) >= 11 is 1.41. The first-order valence-electron chi connectivity index (χ1n) is 10.9. The lowest BCUT2D eigenvalue weighted by Crippen LogP contribution is -2.38. The molecule has 1 N–H and O–H groups in total. The van der Waals surface area contributed by atoms with Crippen molar-refractivity contribution in [1.82, 2.24) is 18.7 Å². The Morgan fingerprint density at radius 2 is 2.03 bits per heavy atom. The first-order valence-corrected chi connectivity index (χ1v) is 11.7. The zero-order valence-corrected chi connectivity index (χ0v) is 20.1. The van der Waals surface area contributed by atoms with E-state index >= 15 is 0 Å². The van der Waals surface area contributed by atoms with E-state index in [2.05, 4.69) is 17.2 Å². The molecule has 3 heterocycles. The van der Waals surface area contributed by atoms with Crippen LogP contribution in [0.2, 0.25) is 0 Å². The number of hydrogen-bond donors (Lipinski definition) is 1. The molecule has 0 saturated heterocycles. The van der Waals surface area contributed by atoms with Crippen LogP contribution >= 0.6 is 11.3 Å². The van der Waals surface area contributed by atoms with Gasteiger partial charge in [0.2, 0.25) is 5.91 Å². The molecule has 10 nitrogen and oxygen atoms in total. The van der Waals surface area contributed by atoms with Gasteiger partial charge < -0.3 is 14.6 Å². The van der Waals surface area contributed by atoms with Crippen molar-refractivity contribution in [2.24, 2.45) is 20.0 Å². The molecule has 33 heavy (non-hydrogen) atoms. The number of hydrogen-bond acceptors (Lipinski definition) is 7. The van der Waals surface area contributed by atoms with E-state index in [0.717, 1.165) is 34.3 Å². The second-order valence-corrected chi connectivity index (χ2v) is 9.58. The predicted octanol–water partition coefficient (Wildman–Crippen LogP) is 2.00. The topological polar surface area (TPSA) is 117 Å². The lowest BCUT2D eigenvalue weighted by atomic mass is 9.88. The number of amides is 1. The highest BCUT2D eigenvalue weighted by Gasteiger charge is 2.30. The minimum atomic E-state index is -0.812. The van der Waals surface area contributed by atoms with Crippen molar-refractivity contribution in [2.75, 3.05) is 11.9 Å². The number of nitrogens with one attached hydrogen (secondary N) is 1. The summed E-state index contributed by atoms with van der Waals surface area (Å²) < 4.78 is 8.97. The molecule has 0 saturated carbocycles. The number of carbonyl (C=O) groups excluding carboxylic acids is 2. The molecule has 0 fully saturated rings. The Labute approximate surface area is 193 Å². The van der Waals surface area contributed by atoms with Crippen LogP contribution in [0.5, 0.6) is 0 Å². The third kappa shape index (κ3) is 3.79. The summed E-state index contributed by atoms with van der Waals surface area (Å²) in [5, 5.41) is 3.35. The first kappa shape index (κ1) is 23.0. The van der Waals surface area contributed by atoms with Crippen molar-refractivity contribution in [3.8, 4) is 0 Å². The zero-order valence-electron chi connectivity index (χ0n) is 19.3. The molecule has 176 valence electrons. The van der Waals surface area contributed by atoms with Gasteiger partial charge in [0.1, 0.15) is 11.0 Å². The van der Waals surface area contributed by atoms with Gasteiger partial charge in [0.05, 0.1) is 18.5 Å². The van der Waals surface area contributed by atoms with Crippen LogP contribution in [-0.4, -0.2) is 37.2 Å². The Balaban J connectivity index is 1.72. The van der Waals surface area contributed by atoms with Crippen molar-refractivity contribution in [1.29, 1.82) is 0 Å². The number of aromatic nitrogens is 4. The number of anilines is 1. The molecule has 0 aromatic carbocycles. The molecule has 2 unspecified atom stereocenters. The van der Waals surface area contributed by atoms with E-state index in [1.807, 2.05) is 0 Å². The van der Waals surface area contributed by atoms with E-state index in [1.165, 1.54) is 40.9 Å². The highest BCUT2D eigenvalue weighted by Crippen LogP contribution is 2.40. The third-order valence-electron chi connectivity index (χ3n) is 6.20. The molecule has 2 atom stereocenters. The van der Waals surface area contributed by atoms with Gasteiger partial charge in [-0.05, 0) is 44.6 Å². The number of imidazole rings is 1. The van der Waals surface area contributed by atoms with Gasteiger partial charge in [-0.25, -0.2) is 14.6 Å². The van der Waals surface area contributed by atoms with Crippen LogP contribution in [-0.2, 0) is 36.5 Å². The first-order chi connectivity index (χ1) is 15.6. The number of fused-ring (bicyclic) bond motifs is 2. The number of esters is 1. The van der Waals surface area contributed by atoms with Crippen LogP contribution in [0.1, 0.15) is 54.0 Å². The van der Waals surface area contributed by atoms with Crippen LogP contribution in [0.3, 0.4) is 0 Å².